The number of likely N-dealkylation sites (tertiary alicyclic amines) is 1. The molecule has 0 radical (unpaired) electrons. The van der Waals surface area contributed by atoms with Crippen LogP contribution in [0.1, 0.15) is 25.3 Å². The number of hydrogen-bond acceptors (Lipinski definition) is 7. The van der Waals surface area contributed by atoms with E-state index in [9.17, 15) is 28.4 Å². The van der Waals surface area contributed by atoms with Gasteiger partial charge in [-0.05, 0) is 49.1 Å². The Hall–Kier alpha value is -4.10. The summed E-state index contributed by atoms with van der Waals surface area (Å²) < 4.78 is 21.7. The van der Waals surface area contributed by atoms with Crippen molar-refractivity contribution in [3.05, 3.63) is 79.8 Å². The zero-order chi connectivity index (χ0) is 32.2. The molecule has 3 heterocycles. The Kier molecular flexibility index (Phi) is 9.98. The summed E-state index contributed by atoms with van der Waals surface area (Å²) >= 11 is 7.14. The monoisotopic (exact) mass is 657 g/mol. The van der Waals surface area contributed by atoms with Crippen LogP contribution in [0.25, 0.3) is 11.1 Å². The molecule has 11 nitrogen and oxygen atoms in total. The number of hydrogen-bond donors (Lipinski definition) is 1. The maximum absolute atomic E-state index is 14.3. The van der Waals surface area contributed by atoms with Crippen molar-refractivity contribution in [2.24, 2.45) is 0 Å². The number of benzene rings is 2. The van der Waals surface area contributed by atoms with Gasteiger partial charge in [-0.25, -0.2) is 14.0 Å². The average Bonchev–Trinajstić information content (AvgIpc) is 3.19. The van der Waals surface area contributed by atoms with Crippen LogP contribution in [0.2, 0.25) is 5.02 Å². The van der Waals surface area contributed by atoms with Gasteiger partial charge in [-0.3, -0.25) is 23.5 Å². The minimum absolute atomic E-state index is 0.0378. The van der Waals surface area contributed by atoms with Gasteiger partial charge < -0.3 is 19.9 Å². The third-order valence-corrected chi connectivity index (χ3v) is 9.28. The van der Waals surface area contributed by atoms with E-state index in [2.05, 4.69) is 5.32 Å². The number of aromatic nitrogens is 2. The summed E-state index contributed by atoms with van der Waals surface area (Å²) in [5.41, 5.74) is 0.376. The summed E-state index contributed by atoms with van der Waals surface area (Å²) in [6, 6.07) is 9.31. The van der Waals surface area contributed by atoms with Crippen LogP contribution in [0, 0.1) is 5.82 Å². The highest BCUT2D eigenvalue weighted by Crippen LogP contribution is 2.29. The van der Waals surface area contributed by atoms with Crippen LogP contribution in [0.4, 0.5) is 14.9 Å². The summed E-state index contributed by atoms with van der Waals surface area (Å²) in [6.45, 7) is 2.21. The van der Waals surface area contributed by atoms with E-state index < -0.39 is 17.1 Å². The van der Waals surface area contributed by atoms with Gasteiger partial charge in [0.2, 0.25) is 5.91 Å². The van der Waals surface area contributed by atoms with Gasteiger partial charge in [-0.2, -0.15) is 0 Å². The van der Waals surface area contributed by atoms with Crippen LogP contribution in [-0.2, 0) is 29.1 Å². The number of methoxy groups -OCH3 is 1. The molecule has 2 aromatic carbocycles. The number of anilines is 1. The molecule has 0 saturated carbocycles. The second kappa shape index (κ2) is 13.9. The highest BCUT2D eigenvalue weighted by Gasteiger charge is 2.32. The largest absolute Gasteiger partial charge is 0.497 e. The van der Waals surface area contributed by atoms with E-state index >= 15 is 0 Å². The maximum atomic E-state index is 14.3. The number of nitrogens with one attached hydrogen (secondary N) is 1. The van der Waals surface area contributed by atoms with Crippen molar-refractivity contribution in [2.75, 3.05) is 37.8 Å². The molecule has 1 N–H and O–H groups in total. The molecular weight excluding hydrogens is 625 g/mol. The molecule has 0 atom stereocenters. The lowest BCUT2D eigenvalue weighted by Gasteiger charge is -2.38. The number of urea groups is 1. The molecule has 5 rings (SSSR count). The molecule has 45 heavy (non-hydrogen) atoms. The van der Waals surface area contributed by atoms with Gasteiger partial charge in [0.15, 0.2) is 5.12 Å². The van der Waals surface area contributed by atoms with Crippen molar-refractivity contribution < 1.29 is 23.5 Å². The second-order valence-corrected chi connectivity index (χ2v) is 12.5. The fourth-order valence-electron chi connectivity index (χ4n) is 5.72. The Bertz CT molecular complexity index is 1750. The van der Waals surface area contributed by atoms with E-state index in [-0.39, 0.29) is 58.1 Å². The average molecular weight is 658 g/mol. The van der Waals surface area contributed by atoms with Gasteiger partial charge in [-0.1, -0.05) is 35.5 Å². The molecule has 0 spiro atoms. The minimum atomic E-state index is -0.731. The van der Waals surface area contributed by atoms with Crippen molar-refractivity contribution in [3.8, 4) is 16.9 Å². The first-order valence-corrected chi connectivity index (χ1v) is 15.9. The van der Waals surface area contributed by atoms with E-state index in [4.69, 9.17) is 16.3 Å². The zero-order valence-corrected chi connectivity index (χ0v) is 26.5. The molecule has 0 bridgehead atoms. The van der Waals surface area contributed by atoms with Gasteiger partial charge in [-0.15, -0.1) is 0 Å². The first-order valence-electron chi connectivity index (χ1n) is 14.5. The number of nitrogens with zero attached hydrogens (tertiary/aromatic N) is 4. The van der Waals surface area contributed by atoms with Crippen molar-refractivity contribution in [2.45, 2.75) is 45.3 Å². The number of ether oxygens (including phenoxy) is 1. The molecule has 14 heteroatoms. The number of fused-ring (bicyclic) bond motifs is 1. The molecule has 0 aliphatic carbocycles. The highest BCUT2D eigenvalue weighted by molar-refractivity contribution is 8.13. The number of piperidine rings is 1. The topological polar surface area (TPSA) is 123 Å². The number of thioether (sulfide) groups is 1. The van der Waals surface area contributed by atoms with E-state index in [1.807, 2.05) is 17.0 Å². The SMILES string of the molecule is COc1ccc2c(c1)CCN(C1CCN(C(=O)Cn3cc(-c4cccc(F)c4Cl)c(=O)n(CCSC(C)=O)c3=O)CC1)C(=O)N2. The van der Waals surface area contributed by atoms with Gasteiger partial charge in [0, 0.05) is 62.3 Å². The summed E-state index contributed by atoms with van der Waals surface area (Å²) in [5, 5.41) is 2.53. The molecule has 0 unspecified atom stereocenters. The molecule has 1 aromatic heterocycles. The standard InChI is InChI=1S/C31H33ClFN5O6S/c1-19(39)45-15-14-38-29(41)24(23-4-3-5-25(33)28(23)32)17-36(31(38)43)18-27(40)35-11-9-21(10-12-35)37-13-8-20-16-22(44-2)6-7-26(20)34-30(37)42/h3-7,16-17,21H,8-15,18H2,1-2H3,(H,34,42). The smallest absolute Gasteiger partial charge is 0.331 e. The lowest BCUT2D eigenvalue weighted by atomic mass is 10.0. The Morgan fingerprint density at radius 1 is 1.09 bits per heavy atom. The Morgan fingerprint density at radius 2 is 1.84 bits per heavy atom. The fourth-order valence-corrected chi connectivity index (χ4v) is 6.51. The first-order chi connectivity index (χ1) is 21.6. The minimum Gasteiger partial charge on any atom is -0.497 e. The van der Waals surface area contributed by atoms with Crippen molar-refractivity contribution in [1.82, 2.24) is 18.9 Å². The van der Waals surface area contributed by atoms with Crippen LogP contribution in [0.3, 0.4) is 0 Å². The Labute approximate surface area is 267 Å². The molecule has 2 aliphatic rings. The summed E-state index contributed by atoms with van der Waals surface area (Å²) in [7, 11) is 1.60. The summed E-state index contributed by atoms with van der Waals surface area (Å²) in [5.74, 6) is -0.186. The van der Waals surface area contributed by atoms with Crippen LogP contribution in [0.15, 0.2) is 52.2 Å². The Morgan fingerprint density at radius 3 is 2.56 bits per heavy atom. The van der Waals surface area contributed by atoms with Crippen LogP contribution in [-0.4, -0.2) is 74.5 Å². The molecule has 3 aromatic rings. The van der Waals surface area contributed by atoms with Crippen LogP contribution < -0.4 is 21.3 Å². The number of carbonyl (C=O) groups is 3. The van der Waals surface area contributed by atoms with Gasteiger partial charge in [0.1, 0.15) is 18.1 Å². The van der Waals surface area contributed by atoms with Gasteiger partial charge in [0.05, 0.1) is 17.7 Å². The molecule has 1 saturated heterocycles. The third kappa shape index (κ3) is 7.09. The lowest BCUT2D eigenvalue weighted by molar-refractivity contribution is -0.133. The third-order valence-electron chi connectivity index (χ3n) is 8.10. The number of rotatable bonds is 8. The zero-order valence-electron chi connectivity index (χ0n) is 24.9. The number of carbonyl (C=O) groups excluding carboxylic acids is 3. The van der Waals surface area contributed by atoms with Crippen LogP contribution >= 0.6 is 23.4 Å². The van der Waals surface area contributed by atoms with Crippen molar-refractivity contribution in [1.29, 1.82) is 0 Å². The highest BCUT2D eigenvalue weighted by atomic mass is 35.5. The quantitative estimate of drug-likeness (QED) is 0.391. The predicted octanol–water partition coefficient (Wildman–Crippen LogP) is 3.84. The number of amides is 3. The Balaban J connectivity index is 1.31. The molecule has 1 fully saturated rings. The van der Waals surface area contributed by atoms with Gasteiger partial charge in [0.25, 0.3) is 5.56 Å². The first kappa shape index (κ1) is 32.3. The molecular formula is C31H33ClFN5O6S. The normalized spacial score (nSPS) is 15.3. The van der Waals surface area contributed by atoms with Crippen molar-refractivity contribution in [3.63, 3.8) is 0 Å². The van der Waals surface area contributed by atoms with Crippen LogP contribution in [0.5, 0.6) is 5.75 Å². The second-order valence-electron chi connectivity index (χ2n) is 10.9. The molecule has 238 valence electrons. The number of halogens is 2. The predicted molar refractivity (Wildman–Crippen MR) is 171 cm³/mol. The molecule has 2 aliphatic heterocycles. The summed E-state index contributed by atoms with van der Waals surface area (Å²) in [6.07, 6.45) is 3.00. The van der Waals surface area contributed by atoms with Gasteiger partial charge >= 0.3 is 11.7 Å². The molecule has 3 amide bonds. The summed E-state index contributed by atoms with van der Waals surface area (Å²) in [4.78, 5) is 68.1. The lowest BCUT2D eigenvalue weighted by Crippen LogP contribution is -2.51. The maximum Gasteiger partial charge on any atom is 0.331 e. The van der Waals surface area contributed by atoms with Crippen molar-refractivity contribution >= 4 is 46.1 Å². The van der Waals surface area contributed by atoms with E-state index in [0.717, 1.165) is 44.0 Å². The van der Waals surface area contributed by atoms with E-state index in [1.165, 1.54) is 25.3 Å². The fraction of sp³-hybridized carbons (Fsp3) is 0.387. The van der Waals surface area contributed by atoms with E-state index in [1.54, 1.807) is 18.1 Å². The van der Waals surface area contributed by atoms with E-state index in [0.29, 0.717) is 38.9 Å².